The summed E-state index contributed by atoms with van der Waals surface area (Å²) in [6.45, 7) is 4.70. The van der Waals surface area contributed by atoms with Gasteiger partial charge in [0, 0.05) is 12.6 Å². The molecule has 0 aliphatic rings. The van der Waals surface area contributed by atoms with E-state index in [4.69, 9.17) is 4.74 Å². The van der Waals surface area contributed by atoms with Gasteiger partial charge in [0.05, 0.1) is 19.1 Å². The van der Waals surface area contributed by atoms with Gasteiger partial charge in [0.15, 0.2) is 0 Å². The number of halogens is 1. The van der Waals surface area contributed by atoms with Crippen molar-refractivity contribution in [2.45, 2.75) is 39.4 Å². The quantitative estimate of drug-likeness (QED) is 0.565. The Bertz CT molecular complexity index is 1070. The number of hydrogen-bond donors (Lipinski definition) is 1. The van der Waals surface area contributed by atoms with E-state index in [2.05, 4.69) is 5.32 Å². The number of nitrogens with zero attached hydrogens (tertiary/aromatic N) is 2. The minimum atomic E-state index is -3.87. The Kier molecular flexibility index (Phi) is 8.81. The minimum absolute atomic E-state index is 0.0593. The van der Waals surface area contributed by atoms with Crippen LogP contribution in [-0.2, 0) is 26.2 Å². The molecule has 2 aromatic rings. The molecule has 0 aliphatic carbocycles. The van der Waals surface area contributed by atoms with Crippen LogP contribution in [0.1, 0.15) is 26.3 Å². The van der Waals surface area contributed by atoms with Gasteiger partial charge in [-0.1, -0.05) is 12.1 Å². The third-order valence-corrected chi connectivity index (χ3v) is 6.02. The predicted molar refractivity (Wildman–Crippen MR) is 125 cm³/mol. The summed E-state index contributed by atoms with van der Waals surface area (Å²) in [5, 5.41) is 2.78. The molecule has 2 aromatic carbocycles. The standard InChI is InChI=1S/C23H30FN3O5S/c1-16(2)25-23(29)17(3)26(14-18-7-6-8-21(13-18)32-4)22(28)15-27(33(5,30)31)20-11-9-19(24)10-12-20/h6-13,16-17H,14-15H2,1-5H3,(H,25,29)/t17-/m1/s1. The Hall–Kier alpha value is -3.14. The van der Waals surface area contributed by atoms with Gasteiger partial charge in [0.2, 0.25) is 21.8 Å². The summed E-state index contributed by atoms with van der Waals surface area (Å²) in [6, 6.07) is 10.8. The van der Waals surface area contributed by atoms with Crippen LogP contribution in [-0.4, -0.2) is 57.1 Å². The van der Waals surface area contributed by atoms with Crippen LogP contribution in [0.25, 0.3) is 0 Å². The number of sulfonamides is 1. The normalized spacial score (nSPS) is 12.2. The van der Waals surface area contributed by atoms with Gasteiger partial charge in [-0.05, 0) is 62.7 Å². The first-order chi connectivity index (χ1) is 15.4. The molecule has 0 heterocycles. The molecule has 2 amide bonds. The Labute approximate surface area is 194 Å². The minimum Gasteiger partial charge on any atom is -0.497 e. The summed E-state index contributed by atoms with van der Waals surface area (Å²) in [4.78, 5) is 27.4. The lowest BCUT2D eigenvalue weighted by atomic mass is 10.1. The molecule has 2 rings (SSSR count). The Morgan fingerprint density at radius 1 is 1.09 bits per heavy atom. The van der Waals surface area contributed by atoms with Gasteiger partial charge >= 0.3 is 0 Å². The van der Waals surface area contributed by atoms with E-state index in [9.17, 15) is 22.4 Å². The fourth-order valence-electron chi connectivity index (χ4n) is 3.18. The third-order valence-electron chi connectivity index (χ3n) is 4.88. The van der Waals surface area contributed by atoms with Gasteiger partial charge in [0.1, 0.15) is 24.2 Å². The van der Waals surface area contributed by atoms with E-state index in [1.165, 1.54) is 24.1 Å². The lowest BCUT2D eigenvalue weighted by Crippen LogP contribution is -2.52. The van der Waals surface area contributed by atoms with E-state index < -0.39 is 34.3 Å². The summed E-state index contributed by atoms with van der Waals surface area (Å²) in [5.74, 6) is -0.895. The summed E-state index contributed by atoms with van der Waals surface area (Å²) >= 11 is 0. The number of methoxy groups -OCH3 is 1. The van der Waals surface area contributed by atoms with E-state index in [1.807, 2.05) is 0 Å². The largest absolute Gasteiger partial charge is 0.497 e. The fourth-order valence-corrected chi connectivity index (χ4v) is 4.03. The van der Waals surface area contributed by atoms with Crippen LogP contribution in [0.3, 0.4) is 0 Å². The van der Waals surface area contributed by atoms with Crippen molar-refractivity contribution in [3.63, 3.8) is 0 Å². The van der Waals surface area contributed by atoms with Gasteiger partial charge in [-0.15, -0.1) is 0 Å². The number of benzene rings is 2. The summed E-state index contributed by atoms with van der Waals surface area (Å²) in [5.41, 5.74) is 0.854. The predicted octanol–water partition coefficient (Wildman–Crippen LogP) is 2.54. The van der Waals surface area contributed by atoms with E-state index in [-0.39, 0.29) is 24.2 Å². The molecule has 0 bridgehead atoms. The molecule has 180 valence electrons. The molecule has 0 aliphatic heterocycles. The number of rotatable bonds is 10. The van der Waals surface area contributed by atoms with Gasteiger partial charge in [-0.2, -0.15) is 0 Å². The first kappa shape index (κ1) is 26.1. The summed E-state index contributed by atoms with van der Waals surface area (Å²) < 4.78 is 44.3. The van der Waals surface area contributed by atoms with Crippen LogP contribution < -0.4 is 14.4 Å². The lowest BCUT2D eigenvalue weighted by molar-refractivity contribution is -0.139. The first-order valence-electron chi connectivity index (χ1n) is 10.4. The van der Waals surface area contributed by atoms with Crippen molar-refractivity contribution in [3.8, 4) is 5.75 Å². The zero-order chi connectivity index (χ0) is 24.8. The monoisotopic (exact) mass is 479 g/mol. The molecule has 0 fully saturated rings. The smallest absolute Gasteiger partial charge is 0.244 e. The van der Waals surface area contributed by atoms with Crippen molar-refractivity contribution in [2.75, 3.05) is 24.2 Å². The highest BCUT2D eigenvalue weighted by molar-refractivity contribution is 7.92. The molecule has 0 radical (unpaired) electrons. The van der Waals surface area contributed by atoms with Crippen LogP contribution in [0.5, 0.6) is 5.75 Å². The molecule has 1 atom stereocenters. The number of amides is 2. The van der Waals surface area contributed by atoms with Crippen LogP contribution in [0.4, 0.5) is 10.1 Å². The van der Waals surface area contributed by atoms with Gasteiger partial charge in [-0.25, -0.2) is 12.8 Å². The number of ether oxygens (including phenoxy) is 1. The highest BCUT2D eigenvalue weighted by Gasteiger charge is 2.30. The second kappa shape index (κ2) is 11.1. The van der Waals surface area contributed by atoms with E-state index >= 15 is 0 Å². The maximum absolute atomic E-state index is 13.4. The molecule has 0 aromatic heterocycles. The van der Waals surface area contributed by atoms with Crippen LogP contribution in [0.2, 0.25) is 0 Å². The van der Waals surface area contributed by atoms with Crippen molar-refractivity contribution in [1.29, 1.82) is 0 Å². The highest BCUT2D eigenvalue weighted by atomic mass is 32.2. The van der Waals surface area contributed by atoms with E-state index in [0.29, 0.717) is 11.3 Å². The SMILES string of the molecule is COc1cccc(CN(C(=O)CN(c2ccc(F)cc2)S(C)(=O)=O)[C@H](C)C(=O)NC(C)C)c1. The summed E-state index contributed by atoms with van der Waals surface area (Å²) in [6.07, 6.45) is 0.963. The molecule has 1 N–H and O–H groups in total. The zero-order valence-electron chi connectivity index (χ0n) is 19.4. The van der Waals surface area contributed by atoms with E-state index in [1.54, 1.807) is 45.0 Å². The first-order valence-corrected chi connectivity index (χ1v) is 12.2. The average molecular weight is 480 g/mol. The number of carbonyl (C=O) groups is 2. The van der Waals surface area contributed by atoms with Crippen molar-refractivity contribution < 1.29 is 27.1 Å². The fraction of sp³-hybridized carbons (Fsp3) is 0.391. The van der Waals surface area contributed by atoms with Crippen molar-refractivity contribution in [1.82, 2.24) is 10.2 Å². The Balaban J connectivity index is 2.39. The number of anilines is 1. The molecule has 8 nitrogen and oxygen atoms in total. The second-order valence-corrected chi connectivity index (χ2v) is 9.87. The lowest BCUT2D eigenvalue weighted by Gasteiger charge is -2.32. The molecule has 0 unspecified atom stereocenters. The molecule has 33 heavy (non-hydrogen) atoms. The molecule has 0 spiro atoms. The molecule has 0 saturated carbocycles. The third kappa shape index (κ3) is 7.45. The van der Waals surface area contributed by atoms with Gasteiger partial charge in [0.25, 0.3) is 0 Å². The van der Waals surface area contributed by atoms with Gasteiger partial charge < -0.3 is 15.0 Å². The molecule has 10 heteroatoms. The Morgan fingerprint density at radius 2 is 1.73 bits per heavy atom. The maximum Gasteiger partial charge on any atom is 0.244 e. The average Bonchev–Trinajstić information content (AvgIpc) is 2.74. The number of carbonyl (C=O) groups excluding carboxylic acids is 2. The van der Waals surface area contributed by atoms with Gasteiger partial charge in [-0.3, -0.25) is 13.9 Å². The topological polar surface area (TPSA) is 96.0 Å². The van der Waals surface area contributed by atoms with Crippen LogP contribution in [0, 0.1) is 5.82 Å². The summed E-state index contributed by atoms with van der Waals surface area (Å²) in [7, 11) is -2.34. The molecular formula is C23H30FN3O5S. The van der Waals surface area contributed by atoms with Crippen LogP contribution in [0.15, 0.2) is 48.5 Å². The highest BCUT2D eigenvalue weighted by Crippen LogP contribution is 2.20. The van der Waals surface area contributed by atoms with Crippen LogP contribution >= 0.6 is 0 Å². The van der Waals surface area contributed by atoms with Crippen molar-refractivity contribution >= 4 is 27.5 Å². The van der Waals surface area contributed by atoms with Crippen molar-refractivity contribution in [2.24, 2.45) is 0 Å². The molecule has 0 saturated heterocycles. The Morgan fingerprint density at radius 3 is 2.27 bits per heavy atom. The molecular weight excluding hydrogens is 449 g/mol. The second-order valence-electron chi connectivity index (χ2n) is 7.96. The number of hydrogen-bond acceptors (Lipinski definition) is 5. The zero-order valence-corrected chi connectivity index (χ0v) is 20.2. The number of nitrogens with one attached hydrogen (secondary N) is 1. The van der Waals surface area contributed by atoms with E-state index in [0.717, 1.165) is 22.7 Å². The van der Waals surface area contributed by atoms with Crippen molar-refractivity contribution in [3.05, 3.63) is 59.9 Å². The maximum atomic E-state index is 13.4.